The van der Waals surface area contributed by atoms with E-state index in [1.54, 1.807) is 29.0 Å². The molecule has 0 radical (unpaired) electrons. The van der Waals surface area contributed by atoms with Gasteiger partial charge in [-0.1, -0.05) is 20.8 Å². The molecule has 0 aliphatic carbocycles. The first kappa shape index (κ1) is 27.5. The van der Waals surface area contributed by atoms with Gasteiger partial charge in [0, 0.05) is 37.7 Å². The summed E-state index contributed by atoms with van der Waals surface area (Å²) in [5, 5.41) is 2.84. The van der Waals surface area contributed by atoms with Crippen LogP contribution in [0.4, 0.5) is 4.79 Å². The summed E-state index contributed by atoms with van der Waals surface area (Å²) in [6.07, 6.45) is 4.51. The van der Waals surface area contributed by atoms with Gasteiger partial charge in [-0.3, -0.25) is 9.59 Å². The maximum atomic E-state index is 12.6. The Morgan fingerprint density at radius 1 is 1.17 bits per heavy atom. The van der Waals surface area contributed by atoms with Crippen LogP contribution in [-0.2, 0) is 4.79 Å². The van der Waals surface area contributed by atoms with Crippen LogP contribution in [0.3, 0.4) is 0 Å². The summed E-state index contributed by atoms with van der Waals surface area (Å²) in [5.41, 5.74) is 7.00. The van der Waals surface area contributed by atoms with Crippen molar-refractivity contribution in [3.63, 3.8) is 0 Å². The van der Waals surface area contributed by atoms with E-state index in [1.807, 2.05) is 33.8 Å². The number of aryl methyl sites for hydroxylation is 1. The third-order valence-corrected chi connectivity index (χ3v) is 7.07. The smallest absolute Gasteiger partial charge is 0.345 e. The number of nitrogens with two attached hydrogens (primary N) is 1. The quantitative estimate of drug-likeness (QED) is 0.339. The molecule has 2 aliphatic rings. The zero-order valence-electron chi connectivity index (χ0n) is 22.3. The summed E-state index contributed by atoms with van der Waals surface area (Å²) in [7, 11) is 1.75. The molecule has 2 fully saturated rings. The lowest BCUT2D eigenvalue weighted by Gasteiger charge is -2.31. The van der Waals surface area contributed by atoms with E-state index in [0.29, 0.717) is 50.0 Å². The van der Waals surface area contributed by atoms with Crippen molar-refractivity contribution in [3.05, 3.63) is 29.3 Å². The van der Waals surface area contributed by atoms with Crippen molar-refractivity contribution in [2.24, 2.45) is 22.1 Å². The van der Waals surface area contributed by atoms with Crippen LogP contribution in [0.25, 0.3) is 0 Å². The molecule has 1 atom stereocenters. The number of carbonyl (C=O) groups excluding carboxylic acids is 3. The fourth-order valence-corrected chi connectivity index (χ4v) is 4.49. The van der Waals surface area contributed by atoms with E-state index in [9.17, 15) is 14.4 Å². The van der Waals surface area contributed by atoms with Gasteiger partial charge < -0.3 is 25.6 Å². The van der Waals surface area contributed by atoms with E-state index < -0.39 is 6.04 Å². The Bertz CT molecular complexity index is 992. The van der Waals surface area contributed by atoms with E-state index >= 15 is 0 Å². The third kappa shape index (κ3) is 7.21. The summed E-state index contributed by atoms with van der Waals surface area (Å²) >= 11 is 0. The van der Waals surface area contributed by atoms with Crippen LogP contribution in [-0.4, -0.2) is 72.8 Å². The summed E-state index contributed by atoms with van der Waals surface area (Å²) in [6, 6.07) is 4.74. The molecule has 1 aromatic rings. The first-order valence-corrected chi connectivity index (χ1v) is 12.9. The first-order chi connectivity index (χ1) is 17.0. The van der Waals surface area contributed by atoms with Gasteiger partial charge in [0.05, 0.1) is 6.61 Å². The second kappa shape index (κ2) is 11.8. The van der Waals surface area contributed by atoms with Gasteiger partial charge in [-0.05, 0) is 68.7 Å². The number of nitrogens with one attached hydrogen (secondary N) is 1. The van der Waals surface area contributed by atoms with E-state index in [-0.39, 0.29) is 23.3 Å². The molecule has 36 heavy (non-hydrogen) atoms. The van der Waals surface area contributed by atoms with E-state index in [2.05, 4.69) is 10.3 Å². The van der Waals surface area contributed by atoms with Crippen LogP contribution in [0, 0.1) is 18.3 Å². The summed E-state index contributed by atoms with van der Waals surface area (Å²) in [4.78, 5) is 44.6. The molecule has 2 heterocycles. The predicted molar refractivity (Wildman–Crippen MR) is 140 cm³/mol. The number of nitrogens with zero attached hydrogens (tertiary/aromatic N) is 3. The van der Waals surface area contributed by atoms with Crippen LogP contribution in [0.5, 0.6) is 5.75 Å². The van der Waals surface area contributed by atoms with Gasteiger partial charge >= 0.3 is 6.03 Å². The minimum Gasteiger partial charge on any atom is -0.494 e. The molecule has 3 N–H and O–H groups in total. The molecule has 2 aliphatic heterocycles. The first-order valence-electron chi connectivity index (χ1n) is 12.9. The number of likely N-dealkylation sites (tertiary alicyclic amines) is 2. The van der Waals surface area contributed by atoms with Crippen molar-refractivity contribution in [1.29, 1.82) is 0 Å². The number of amidine groups is 1. The molecule has 1 unspecified atom stereocenters. The lowest BCUT2D eigenvalue weighted by Crippen LogP contribution is -2.40. The second-order valence-corrected chi connectivity index (χ2v) is 11.0. The van der Waals surface area contributed by atoms with Crippen molar-refractivity contribution in [2.45, 2.75) is 65.8 Å². The number of carbonyl (C=O) groups is 3. The molecular formula is C27H41N5O4. The summed E-state index contributed by atoms with van der Waals surface area (Å²) < 4.78 is 5.92. The highest BCUT2D eigenvalue weighted by molar-refractivity contribution is 5.99. The van der Waals surface area contributed by atoms with Crippen molar-refractivity contribution in [3.8, 4) is 5.75 Å². The fourth-order valence-electron chi connectivity index (χ4n) is 4.49. The zero-order valence-corrected chi connectivity index (χ0v) is 22.3. The Morgan fingerprint density at radius 3 is 2.44 bits per heavy atom. The van der Waals surface area contributed by atoms with Crippen LogP contribution < -0.4 is 15.8 Å². The normalized spacial score (nSPS) is 19.5. The highest BCUT2D eigenvalue weighted by atomic mass is 16.5. The van der Waals surface area contributed by atoms with E-state index in [0.717, 1.165) is 37.0 Å². The highest BCUT2D eigenvalue weighted by Crippen LogP contribution is 2.24. The second-order valence-electron chi connectivity index (χ2n) is 11.0. The number of benzene rings is 1. The van der Waals surface area contributed by atoms with Crippen molar-refractivity contribution in [1.82, 2.24) is 15.1 Å². The lowest BCUT2D eigenvalue weighted by molar-refractivity contribution is -0.128. The van der Waals surface area contributed by atoms with Crippen LogP contribution in [0.15, 0.2) is 23.2 Å². The van der Waals surface area contributed by atoms with E-state index in [1.165, 1.54) is 0 Å². The van der Waals surface area contributed by atoms with Crippen LogP contribution in [0.2, 0.25) is 0 Å². The average Bonchev–Trinajstić information content (AvgIpc) is 3.13. The number of piperidine rings is 1. The topological polar surface area (TPSA) is 117 Å². The van der Waals surface area contributed by atoms with Gasteiger partial charge in [-0.25, -0.2) is 4.79 Å². The number of urea groups is 1. The van der Waals surface area contributed by atoms with Gasteiger partial charge in [0.1, 0.15) is 17.6 Å². The van der Waals surface area contributed by atoms with Gasteiger partial charge in [-0.2, -0.15) is 4.99 Å². The van der Waals surface area contributed by atoms with E-state index in [4.69, 9.17) is 10.5 Å². The number of aliphatic imine (C=N–C) groups is 1. The Balaban J connectivity index is 1.38. The monoisotopic (exact) mass is 499 g/mol. The van der Waals surface area contributed by atoms with Gasteiger partial charge in [-0.15, -0.1) is 0 Å². The third-order valence-electron chi connectivity index (χ3n) is 7.07. The minimum atomic E-state index is -0.447. The largest absolute Gasteiger partial charge is 0.494 e. The lowest BCUT2D eigenvalue weighted by atomic mass is 9.92. The molecular weight excluding hydrogens is 458 g/mol. The van der Waals surface area contributed by atoms with Crippen molar-refractivity contribution >= 4 is 23.7 Å². The fraction of sp³-hybridized carbons (Fsp3) is 0.630. The van der Waals surface area contributed by atoms with Crippen LogP contribution in [0.1, 0.15) is 68.8 Å². The number of rotatable bonds is 7. The molecule has 0 aromatic heterocycles. The van der Waals surface area contributed by atoms with Gasteiger partial charge in [0.15, 0.2) is 0 Å². The zero-order chi connectivity index (χ0) is 26.5. The number of likely N-dealkylation sites (N-methyl/N-ethyl adjacent to an activating group) is 1. The number of hydrogen-bond donors (Lipinski definition) is 2. The Morgan fingerprint density at radius 2 is 1.86 bits per heavy atom. The summed E-state index contributed by atoms with van der Waals surface area (Å²) in [6.45, 7) is 10.4. The maximum absolute atomic E-state index is 12.6. The Kier molecular flexibility index (Phi) is 8.98. The Labute approximate surface area is 214 Å². The molecule has 198 valence electrons. The van der Waals surface area contributed by atoms with Gasteiger partial charge in [0.25, 0.3) is 5.91 Å². The molecule has 0 spiro atoms. The molecule has 3 rings (SSSR count). The molecule has 9 nitrogen and oxygen atoms in total. The average molecular weight is 500 g/mol. The molecule has 2 saturated heterocycles. The number of amides is 4. The van der Waals surface area contributed by atoms with Crippen LogP contribution >= 0.6 is 0 Å². The molecule has 4 amide bonds. The van der Waals surface area contributed by atoms with Crippen molar-refractivity contribution in [2.75, 3.05) is 33.3 Å². The molecule has 0 bridgehead atoms. The van der Waals surface area contributed by atoms with Crippen molar-refractivity contribution < 1.29 is 19.1 Å². The highest BCUT2D eigenvalue weighted by Gasteiger charge is 2.30. The summed E-state index contributed by atoms with van der Waals surface area (Å²) in [5.74, 6) is 1.39. The van der Waals surface area contributed by atoms with Gasteiger partial charge in [0.2, 0.25) is 5.91 Å². The predicted octanol–water partition coefficient (Wildman–Crippen LogP) is 3.35. The standard InChI is InChI=1S/C27H41N5O4/c1-18-17-20(8-9-21(18)23(33)29-22-12-13-31(5)24(22)34)36-16-6-7-19-10-14-32(15-11-19)26(35)30-25(28)27(2,3)4/h8-9,17,19,22H,6-7,10-16H2,1-5H3,(H,29,33)(H2,28,30,35). The minimum absolute atomic E-state index is 0.0445. The number of hydrogen-bond acceptors (Lipinski definition) is 4. The SMILES string of the molecule is Cc1cc(OCCCC2CCN(C(=O)N=C(N)C(C)(C)C)CC2)ccc1C(=O)NC1CCN(C)C1=O. The maximum Gasteiger partial charge on any atom is 0.345 e. The number of ether oxygens (including phenoxy) is 1. The molecule has 1 aromatic carbocycles. The Hall–Kier alpha value is -3.10. The molecule has 0 saturated carbocycles. The molecule has 9 heteroatoms.